The van der Waals surface area contributed by atoms with E-state index in [1.54, 1.807) is 11.8 Å². The zero-order chi connectivity index (χ0) is 22.5. The Morgan fingerprint density at radius 1 is 1.19 bits per heavy atom. The average Bonchev–Trinajstić information content (AvgIpc) is 2.78. The third-order valence-corrected chi connectivity index (χ3v) is 8.03. The second kappa shape index (κ2) is 10.7. The molecule has 2 unspecified atom stereocenters. The topological polar surface area (TPSA) is 49.4 Å². The molecule has 0 aromatic heterocycles. The molecule has 168 valence electrons. The number of hydrogen-bond acceptors (Lipinski definition) is 3. The molecule has 2 aromatic rings. The first kappa shape index (κ1) is 23.1. The predicted octanol–water partition coefficient (Wildman–Crippen LogP) is 5.34. The highest BCUT2D eigenvalue weighted by Crippen LogP contribution is 2.42. The van der Waals surface area contributed by atoms with Gasteiger partial charge in [0.25, 0.3) is 5.91 Å². The van der Waals surface area contributed by atoms with Crippen molar-refractivity contribution in [1.82, 2.24) is 10.2 Å². The Kier molecular flexibility index (Phi) is 7.74. The van der Waals surface area contributed by atoms with Crippen LogP contribution in [0.3, 0.4) is 0 Å². The second-order valence-electron chi connectivity index (χ2n) is 8.59. The lowest BCUT2D eigenvalue weighted by Crippen LogP contribution is -2.54. The van der Waals surface area contributed by atoms with Gasteiger partial charge in [0, 0.05) is 22.3 Å². The molecule has 2 aliphatic rings. The van der Waals surface area contributed by atoms with E-state index >= 15 is 0 Å². The summed E-state index contributed by atoms with van der Waals surface area (Å²) in [6.07, 6.45) is 7.11. The van der Waals surface area contributed by atoms with Crippen LogP contribution in [0.2, 0.25) is 0 Å². The van der Waals surface area contributed by atoms with Crippen LogP contribution in [0.1, 0.15) is 42.4 Å². The molecule has 32 heavy (non-hydrogen) atoms. The van der Waals surface area contributed by atoms with Crippen LogP contribution in [0.15, 0.2) is 57.9 Å². The van der Waals surface area contributed by atoms with Gasteiger partial charge in [0.05, 0.1) is 4.91 Å². The van der Waals surface area contributed by atoms with Crippen LogP contribution >= 0.6 is 27.7 Å². The molecule has 2 amide bonds. The minimum atomic E-state index is -0.0801. The Labute approximate surface area is 203 Å². The second-order valence-corrected chi connectivity index (χ2v) is 10.8. The van der Waals surface area contributed by atoms with E-state index in [0.29, 0.717) is 11.8 Å². The van der Waals surface area contributed by atoms with E-state index in [2.05, 4.69) is 52.4 Å². The molecule has 6 heteroatoms. The molecule has 2 fully saturated rings. The van der Waals surface area contributed by atoms with Gasteiger partial charge in [-0.05, 0) is 55.5 Å². The van der Waals surface area contributed by atoms with Crippen molar-refractivity contribution in [3.63, 3.8) is 0 Å². The lowest BCUT2D eigenvalue weighted by Gasteiger charge is -2.43. The lowest BCUT2D eigenvalue weighted by atomic mass is 9.93. The molecule has 2 aromatic carbocycles. The Bertz CT molecular complexity index is 1010. The molecule has 0 radical (unpaired) electrons. The first-order chi connectivity index (χ1) is 15.5. The van der Waals surface area contributed by atoms with Crippen molar-refractivity contribution in [2.45, 2.75) is 50.3 Å². The first-order valence-electron chi connectivity index (χ1n) is 11.3. The van der Waals surface area contributed by atoms with E-state index in [4.69, 9.17) is 0 Å². The van der Waals surface area contributed by atoms with E-state index in [9.17, 15) is 9.59 Å². The van der Waals surface area contributed by atoms with Gasteiger partial charge in [0.15, 0.2) is 0 Å². The van der Waals surface area contributed by atoms with E-state index in [-0.39, 0.29) is 24.4 Å². The van der Waals surface area contributed by atoms with Crippen molar-refractivity contribution in [1.29, 1.82) is 0 Å². The van der Waals surface area contributed by atoms with Crippen LogP contribution in [0.4, 0.5) is 0 Å². The summed E-state index contributed by atoms with van der Waals surface area (Å²) in [5, 5.41) is 3.38. The van der Waals surface area contributed by atoms with Gasteiger partial charge in [-0.2, -0.15) is 0 Å². The number of amides is 2. The zero-order valence-corrected chi connectivity index (χ0v) is 20.8. The fraction of sp³-hybridized carbons (Fsp3) is 0.385. The molecule has 4 nitrogen and oxygen atoms in total. The molecule has 2 atom stereocenters. The van der Waals surface area contributed by atoms with E-state index in [1.165, 1.54) is 17.5 Å². The Morgan fingerprint density at radius 3 is 2.75 bits per heavy atom. The minimum Gasteiger partial charge on any atom is -0.354 e. The number of carbonyl (C=O) groups excluding carboxylic acids is 2. The first-order valence-corrected chi connectivity index (χ1v) is 12.9. The summed E-state index contributed by atoms with van der Waals surface area (Å²) in [6.45, 7) is 2.77. The van der Waals surface area contributed by atoms with Gasteiger partial charge in [0.2, 0.25) is 5.91 Å². The minimum absolute atomic E-state index is 0.0215. The number of benzene rings is 2. The van der Waals surface area contributed by atoms with Crippen LogP contribution < -0.4 is 5.32 Å². The van der Waals surface area contributed by atoms with Crippen molar-refractivity contribution < 1.29 is 9.59 Å². The predicted molar refractivity (Wildman–Crippen MR) is 135 cm³/mol. The lowest BCUT2D eigenvalue weighted by molar-refractivity contribution is -0.135. The van der Waals surface area contributed by atoms with Gasteiger partial charge < -0.3 is 10.2 Å². The highest BCUT2D eigenvalue weighted by molar-refractivity contribution is 9.10. The van der Waals surface area contributed by atoms with E-state index < -0.39 is 0 Å². The number of carbonyl (C=O) groups is 2. The normalized spacial score (nSPS) is 22.0. The van der Waals surface area contributed by atoms with Crippen molar-refractivity contribution in [2.75, 3.05) is 13.1 Å². The summed E-state index contributed by atoms with van der Waals surface area (Å²) in [7, 11) is 0. The third kappa shape index (κ3) is 5.84. The standard InChI is InChI=1S/C26H29BrN2O2S/c1-18-9-11-19(12-10-18)13-14-28-25(30)17-29-22-7-2-3-8-23(22)32-24(26(29)31)16-20-5-4-6-21(27)15-20/h4-6,9-12,15-16,22-23H,2-3,7-8,13-14,17H2,1H3,(H,28,30)/b24-16+. The van der Waals surface area contributed by atoms with E-state index in [0.717, 1.165) is 40.6 Å². The van der Waals surface area contributed by atoms with Crippen LogP contribution in [-0.2, 0) is 16.0 Å². The molecule has 1 N–H and O–H groups in total. The van der Waals surface area contributed by atoms with Crippen molar-refractivity contribution in [2.24, 2.45) is 0 Å². The van der Waals surface area contributed by atoms with Gasteiger partial charge in [-0.25, -0.2) is 0 Å². The number of aryl methyl sites for hydroxylation is 1. The highest BCUT2D eigenvalue weighted by atomic mass is 79.9. The molecular weight excluding hydrogens is 484 g/mol. The number of nitrogens with zero attached hydrogens (tertiary/aromatic N) is 1. The number of halogens is 1. The fourth-order valence-electron chi connectivity index (χ4n) is 4.42. The third-order valence-electron chi connectivity index (χ3n) is 6.13. The van der Waals surface area contributed by atoms with Gasteiger partial charge in [0.1, 0.15) is 6.54 Å². The highest BCUT2D eigenvalue weighted by Gasteiger charge is 2.41. The summed E-state index contributed by atoms with van der Waals surface area (Å²) in [6, 6.07) is 16.5. The molecule has 4 rings (SSSR count). The summed E-state index contributed by atoms with van der Waals surface area (Å²) in [5.74, 6) is -0.102. The van der Waals surface area contributed by atoms with Gasteiger partial charge in [-0.1, -0.05) is 70.7 Å². The molecule has 0 spiro atoms. The quantitative estimate of drug-likeness (QED) is 0.531. The van der Waals surface area contributed by atoms with Gasteiger partial charge in [-0.15, -0.1) is 11.8 Å². The average molecular weight is 514 g/mol. The maximum atomic E-state index is 13.4. The van der Waals surface area contributed by atoms with Crippen LogP contribution in [-0.4, -0.2) is 41.1 Å². The summed E-state index contributed by atoms with van der Waals surface area (Å²) >= 11 is 5.20. The molecule has 1 aliphatic heterocycles. The summed E-state index contributed by atoms with van der Waals surface area (Å²) < 4.78 is 0.987. The van der Waals surface area contributed by atoms with Crippen LogP contribution in [0.5, 0.6) is 0 Å². The number of fused-ring (bicyclic) bond motifs is 1. The maximum absolute atomic E-state index is 13.4. The Morgan fingerprint density at radius 2 is 1.97 bits per heavy atom. The summed E-state index contributed by atoms with van der Waals surface area (Å²) in [5.41, 5.74) is 3.42. The smallest absolute Gasteiger partial charge is 0.261 e. The number of nitrogens with one attached hydrogen (secondary N) is 1. The molecule has 0 bridgehead atoms. The number of thioether (sulfide) groups is 1. The largest absolute Gasteiger partial charge is 0.354 e. The van der Waals surface area contributed by atoms with Crippen molar-refractivity contribution in [3.05, 3.63) is 74.6 Å². The molecule has 1 aliphatic carbocycles. The SMILES string of the molecule is Cc1ccc(CCNC(=O)CN2C(=O)/C(=C\c3cccc(Br)c3)SC3CCCCC32)cc1. The van der Waals surface area contributed by atoms with Crippen LogP contribution in [0, 0.1) is 6.92 Å². The zero-order valence-electron chi connectivity index (χ0n) is 18.4. The summed E-state index contributed by atoms with van der Waals surface area (Å²) in [4.78, 5) is 28.7. The van der Waals surface area contributed by atoms with Gasteiger partial charge >= 0.3 is 0 Å². The molecule has 1 saturated carbocycles. The Hall–Kier alpha value is -2.05. The van der Waals surface area contributed by atoms with Crippen LogP contribution in [0.25, 0.3) is 6.08 Å². The molecular formula is C26H29BrN2O2S. The maximum Gasteiger partial charge on any atom is 0.261 e. The van der Waals surface area contributed by atoms with Crippen molar-refractivity contribution in [3.8, 4) is 0 Å². The van der Waals surface area contributed by atoms with E-state index in [1.807, 2.05) is 35.2 Å². The number of rotatable bonds is 6. The fourth-order valence-corrected chi connectivity index (χ4v) is 6.31. The monoisotopic (exact) mass is 512 g/mol. The molecule has 1 heterocycles. The van der Waals surface area contributed by atoms with Gasteiger partial charge in [-0.3, -0.25) is 9.59 Å². The Balaban J connectivity index is 1.43. The van der Waals surface area contributed by atoms with Crippen molar-refractivity contribution >= 4 is 45.6 Å². The molecule has 1 saturated heterocycles. The number of hydrogen-bond donors (Lipinski definition) is 1.